The van der Waals surface area contributed by atoms with E-state index in [0.717, 1.165) is 61.7 Å². The second-order valence-electron chi connectivity index (χ2n) is 12.6. The zero-order chi connectivity index (χ0) is 30.9. The summed E-state index contributed by atoms with van der Waals surface area (Å²) >= 11 is 0. The van der Waals surface area contributed by atoms with Crippen molar-refractivity contribution in [2.24, 2.45) is 0 Å². The fourth-order valence-corrected chi connectivity index (χ4v) is 5.82. The molecule has 9 rings (SSSR count). The molecule has 0 aliphatic carbocycles. The smallest absolute Gasteiger partial charge is 0.225 e. The van der Waals surface area contributed by atoms with Gasteiger partial charge in [0.25, 0.3) is 0 Å². The zero-order valence-electron chi connectivity index (χ0n) is 26.2. The summed E-state index contributed by atoms with van der Waals surface area (Å²) in [5.74, 6) is 2.40. The van der Waals surface area contributed by atoms with E-state index in [-0.39, 0.29) is 25.5 Å². The molecule has 0 spiro atoms. The molecule has 5 heterocycles. The molecular formula is C38H31IrN7-2. The second kappa shape index (κ2) is 11.2. The van der Waals surface area contributed by atoms with Gasteiger partial charge in [0, 0.05) is 26.3 Å². The molecule has 0 unspecified atom stereocenters. The van der Waals surface area contributed by atoms with Crippen LogP contribution in [0.15, 0.2) is 97.2 Å². The van der Waals surface area contributed by atoms with Crippen LogP contribution in [0.2, 0.25) is 0 Å². The molecular weight excluding hydrogens is 747 g/mol. The SMILES string of the molecule is CC(C)(C)c1ccc2c(c1)nc1n2c2nc3ccc[c-]c3n2c2nc3ccccc3n21.Cc1c[c-]c(-c2ccc(C)cn2)cc1.[Ir]. The first-order valence-electron chi connectivity index (χ1n) is 15.1. The van der Waals surface area contributed by atoms with Crippen molar-refractivity contribution in [3.05, 3.63) is 126 Å². The van der Waals surface area contributed by atoms with Crippen molar-refractivity contribution in [3.8, 4) is 11.3 Å². The van der Waals surface area contributed by atoms with E-state index in [4.69, 9.17) is 15.0 Å². The molecule has 0 saturated carbocycles. The summed E-state index contributed by atoms with van der Waals surface area (Å²) in [6, 6.07) is 37.4. The molecule has 229 valence electrons. The molecule has 0 amide bonds. The normalized spacial score (nSPS) is 11.8. The fraction of sp³-hybridized carbons (Fsp3) is 0.158. The van der Waals surface area contributed by atoms with Gasteiger partial charge in [-0.3, -0.25) is 9.38 Å². The van der Waals surface area contributed by atoms with Crippen LogP contribution in [0.1, 0.15) is 37.5 Å². The van der Waals surface area contributed by atoms with Gasteiger partial charge in [-0.05, 0) is 64.5 Å². The van der Waals surface area contributed by atoms with E-state index < -0.39 is 0 Å². The number of aromatic nitrogens is 7. The predicted molar refractivity (Wildman–Crippen MR) is 181 cm³/mol. The minimum atomic E-state index is 0. The zero-order valence-corrected chi connectivity index (χ0v) is 28.6. The molecule has 46 heavy (non-hydrogen) atoms. The number of para-hydroxylation sites is 3. The first-order valence-corrected chi connectivity index (χ1v) is 15.1. The average Bonchev–Trinajstić information content (AvgIpc) is 3.72. The first-order chi connectivity index (χ1) is 21.8. The molecule has 7 nitrogen and oxygen atoms in total. The van der Waals surface area contributed by atoms with Gasteiger partial charge < -0.3 is 4.98 Å². The summed E-state index contributed by atoms with van der Waals surface area (Å²) in [5.41, 5.74) is 11.5. The van der Waals surface area contributed by atoms with E-state index in [1.807, 2.05) is 67.7 Å². The van der Waals surface area contributed by atoms with Crippen LogP contribution in [0.25, 0.3) is 61.7 Å². The van der Waals surface area contributed by atoms with E-state index >= 15 is 0 Å². The Hall–Kier alpha value is -4.91. The Kier molecular flexibility index (Phi) is 7.22. The maximum atomic E-state index is 5.08. The van der Waals surface area contributed by atoms with Gasteiger partial charge in [-0.1, -0.05) is 58.0 Å². The Bertz CT molecular complexity index is 2480. The van der Waals surface area contributed by atoms with E-state index in [1.165, 1.54) is 16.7 Å². The fourth-order valence-electron chi connectivity index (χ4n) is 5.82. The van der Waals surface area contributed by atoms with Gasteiger partial charge in [0.15, 0.2) is 0 Å². The van der Waals surface area contributed by atoms with Gasteiger partial charge in [-0.15, -0.1) is 41.5 Å². The molecule has 8 heteroatoms. The van der Waals surface area contributed by atoms with Crippen molar-refractivity contribution < 1.29 is 20.1 Å². The quantitative estimate of drug-likeness (QED) is 0.157. The number of nitrogens with zero attached hydrogens (tertiary/aromatic N) is 7. The van der Waals surface area contributed by atoms with Gasteiger partial charge in [0.05, 0.1) is 22.1 Å². The summed E-state index contributed by atoms with van der Waals surface area (Å²) < 4.78 is 6.35. The summed E-state index contributed by atoms with van der Waals surface area (Å²) in [6.07, 6.45) is 1.88. The van der Waals surface area contributed by atoms with Crippen LogP contribution in [-0.4, -0.2) is 33.1 Å². The predicted octanol–water partition coefficient (Wildman–Crippen LogP) is 8.35. The van der Waals surface area contributed by atoms with E-state index in [1.54, 1.807) is 0 Å². The van der Waals surface area contributed by atoms with Crippen LogP contribution in [0.3, 0.4) is 0 Å². The molecule has 0 aliphatic rings. The molecule has 1 radical (unpaired) electrons. The van der Waals surface area contributed by atoms with Crippen LogP contribution in [0.4, 0.5) is 0 Å². The molecule has 0 atom stereocenters. The Labute approximate surface area is 279 Å². The van der Waals surface area contributed by atoms with Crippen molar-refractivity contribution in [3.63, 3.8) is 0 Å². The number of aryl methyl sites for hydroxylation is 2. The van der Waals surface area contributed by atoms with E-state index in [0.29, 0.717) is 0 Å². The van der Waals surface area contributed by atoms with Crippen LogP contribution >= 0.6 is 0 Å². The average molecular weight is 778 g/mol. The van der Waals surface area contributed by atoms with Gasteiger partial charge >= 0.3 is 0 Å². The monoisotopic (exact) mass is 778 g/mol. The number of benzene rings is 4. The molecule has 0 bridgehead atoms. The third kappa shape index (κ3) is 4.85. The largest absolute Gasteiger partial charge is 0.304 e. The number of rotatable bonds is 1. The minimum absolute atomic E-state index is 0. The number of pyridine rings is 1. The molecule has 0 saturated heterocycles. The standard InChI is InChI=1S/C25H19N6.C13H12N.Ir/c1-25(2,3)15-12-13-21-18(14-15)28-24-30-20-11-7-5-9-17(20)26-22(30)29-19-10-6-4-8-16(19)27-23(29)31(21)24;1-10-3-6-12(7-4-10)13-8-5-11(2)9-14-13;/h4-9,11-14H,1-3H3;3-6,8-9H,1-2H3;/q2*-1;. The molecule has 0 N–H and O–H groups in total. The maximum Gasteiger partial charge on any atom is 0.225 e. The summed E-state index contributed by atoms with van der Waals surface area (Å²) in [4.78, 5) is 19.3. The van der Waals surface area contributed by atoms with Crippen LogP contribution < -0.4 is 0 Å². The topological polar surface area (TPSA) is 64.8 Å². The molecule has 5 aromatic heterocycles. The Balaban J connectivity index is 0.000000191. The number of imidazole rings is 3. The summed E-state index contributed by atoms with van der Waals surface area (Å²) in [5, 5.41) is 0. The molecule has 9 aromatic rings. The van der Waals surface area contributed by atoms with Gasteiger partial charge in [0.2, 0.25) is 17.3 Å². The third-order valence-corrected chi connectivity index (χ3v) is 8.26. The van der Waals surface area contributed by atoms with Crippen molar-refractivity contribution in [2.45, 2.75) is 40.0 Å². The van der Waals surface area contributed by atoms with Gasteiger partial charge in [-0.2, -0.15) is 18.2 Å². The second-order valence-corrected chi connectivity index (χ2v) is 12.6. The maximum absolute atomic E-state index is 5.08. The third-order valence-electron chi connectivity index (χ3n) is 8.26. The molecule has 0 aliphatic heterocycles. The Morgan fingerprint density at radius 3 is 2.02 bits per heavy atom. The van der Waals surface area contributed by atoms with Crippen LogP contribution in [0, 0.1) is 26.0 Å². The van der Waals surface area contributed by atoms with Gasteiger partial charge in [-0.25, -0.2) is 18.8 Å². The summed E-state index contributed by atoms with van der Waals surface area (Å²) in [6.45, 7) is 10.8. The first kappa shape index (κ1) is 29.8. The van der Waals surface area contributed by atoms with Crippen molar-refractivity contribution in [1.29, 1.82) is 0 Å². The van der Waals surface area contributed by atoms with E-state index in [2.05, 4.69) is 94.4 Å². The number of hydrogen-bond donors (Lipinski definition) is 0. The Morgan fingerprint density at radius 1 is 0.630 bits per heavy atom. The molecule has 4 aromatic carbocycles. The van der Waals surface area contributed by atoms with Crippen LogP contribution in [0.5, 0.6) is 0 Å². The van der Waals surface area contributed by atoms with Gasteiger partial charge in [0.1, 0.15) is 0 Å². The van der Waals surface area contributed by atoms with Crippen molar-refractivity contribution in [1.82, 2.24) is 33.1 Å². The van der Waals surface area contributed by atoms with Crippen molar-refractivity contribution >= 4 is 50.4 Å². The number of fused-ring (bicyclic) bond motifs is 12. The number of hydrogen-bond acceptors (Lipinski definition) is 4. The Morgan fingerprint density at radius 2 is 1.30 bits per heavy atom. The minimum Gasteiger partial charge on any atom is -0.304 e. The van der Waals surface area contributed by atoms with Crippen molar-refractivity contribution in [2.75, 3.05) is 0 Å². The van der Waals surface area contributed by atoms with E-state index in [9.17, 15) is 0 Å². The molecule has 0 fully saturated rings. The van der Waals surface area contributed by atoms with Crippen LogP contribution in [-0.2, 0) is 25.5 Å². The summed E-state index contributed by atoms with van der Waals surface area (Å²) in [7, 11) is 0.